The molecule has 0 saturated carbocycles. The van der Waals surface area contributed by atoms with Gasteiger partial charge in [0.15, 0.2) is 0 Å². The summed E-state index contributed by atoms with van der Waals surface area (Å²) >= 11 is 0. The Morgan fingerprint density at radius 2 is 1.04 bits per heavy atom. The third kappa shape index (κ3) is 5.34. The van der Waals surface area contributed by atoms with E-state index in [9.17, 15) is 0 Å². The maximum atomic E-state index is 6.76. The van der Waals surface area contributed by atoms with Crippen LogP contribution in [0.25, 0.3) is 33.7 Å². The average Bonchev–Trinajstić information content (AvgIpc) is 3.68. The van der Waals surface area contributed by atoms with Crippen molar-refractivity contribution in [3.8, 4) is 22.9 Å². The van der Waals surface area contributed by atoms with Crippen molar-refractivity contribution in [1.82, 2.24) is 10.2 Å². The van der Waals surface area contributed by atoms with Gasteiger partial charge in [0.1, 0.15) is 0 Å². The van der Waals surface area contributed by atoms with Crippen LogP contribution in [0.2, 0.25) is 0 Å². The normalized spacial score (nSPS) is 15.3. The molecule has 0 saturated heterocycles. The molecule has 0 spiro atoms. The second-order valence-electron chi connectivity index (χ2n) is 14.8. The maximum absolute atomic E-state index is 6.76. The summed E-state index contributed by atoms with van der Waals surface area (Å²) in [7, 11) is 0. The van der Waals surface area contributed by atoms with Crippen LogP contribution in [0.4, 0.5) is 17.1 Å². The molecule has 0 N–H and O–H groups in total. The molecule has 1 heterocycles. The Hall–Kier alpha value is -5.16. The summed E-state index contributed by atoms with van der Waals surface area (Å²) in [6, 6.07) is 58.6. The van der Waals surface area contributed by atoms with E-state index in [4.69, 9.17) is 9.52 Å². The van der Waals surface area contributed by atoms with Crippen LogP contribution in [0.1, 0.15) is 71.6 Å². The van der Waals surface area contributed by atoms with Crippen LogP contribution in [-0.2, 0) is 38.1 Å². The summed E-state index contributed by atoms with van der Waals surface area (Å²) in [4.78, 5) is 2.34. The summed E-state index contributed by atoms with van der Waals surface area (Å²) in [5, 5.41) is 11.7. The molecule has 2 bridgehead atoms. The molecule has 7 aromatic carbocycles. The molecule has 0 atom stereocenters. The van der Waals surface area contributed by atoms with Crippen LogP contribution in [0.15, 0.2) is 150 Å². The zero-order valence-electron chi connectivity index (χ0n) is 29.8. The monoisotopic (exact) mass is 758 g/mol. The summed E-state index contributed by atoms with van der Waals surface area (Å²) in [5.74, 6) is 0.987. The third-order valence-corrected chi connectivity index (χ3v) is 10.8. The number of aromatic nitrogens is 2. The van der Waals surface area contributed by atoms with E-state index in [1.807, 2.05) is 24.3 Å². The number of fused-ring (bicyclic) bond motifs is 1. The molecular formula is C48H35N3OY-2. The van der Waals surface area contributed by atoms with Gasteiger partial charge in [0, 0.05) is 55.5 Å². The fraction of sp³-hybridized carbons (Fsp3) is 0.125. The standard InChI is InChI=1S/C48H35N3O.Y/c1-48(2,3)31-28-26-30(27-29-31)46-49-50-47(52-46)42-38-24-14-15-25-39(38)45(51(32-16-6-4-7-17-32)33-18-8-5-9-19-33)44-41-36-22-12-10-20-34(36)40(43(42)44)35-21-11-13-23-37(35)41;/h4-16,18,20-29,40-41H,1-3H3;/q-2;. The van der Waals surface area contributed by atoms with Crippen LogP contribution in [0.5, 0.6) is 0 Å². The van der Waals surface area contributed by atoms with Crippen LogP contribution in [-0.4, -0.2) is 10.2 Å². The van der Waals surface area contributed by atoms with Crippen molar-refractivity contribution in [3.05, 3.63) is 197 Å². The summed E-state index contributed by atoms with van der Waals surface area (Å²) in [6.45, 7) is 6.67. The minimum atomic E-state index is -0.0338. The smallest absolute Gasteiger partial charge is 0.249 e. The van der Waals surface area contributed by atoms with Gasteiger partial charge in [-0.05, 0) is 61.9 Å². The summed E-state index contributed by atoms with van der Waals surface area (Å²) in [5.41, 5.74) is 14.0. The zero-order valence-corrected chi connectivity index (χ0v) is 32.7. The second-order valence-corrected chi connectivity index (χ2v) is 14.8. The Morgan fingerprint density at radius 3 is 1.57 bits per heavy atom. The molecule has 0 amide bonds. The fourth-order valence-corrected chi connectivity index (χ4v) is 8.52. The molecule has 0 aliphatic heterocycles. The SMILES string of the molecule is CC(C)(C)c1ccc(-c2nnc(-c3c4c(c(N(c5[c-]cccc5)c5[c-]cccc5)c5ccccc35)C3c5ccccc5C4c4ccccc43)o2)cc1.[Y]. The van der Waals surface area contributed by atoms with Crippen LogP contribution in [0.3, 0.4) is 0 Å². The molecule has 1 aromatic heterocycles. The van der Waals surface area contributed by atoms with E-state index in [-0.39, 0.29) is 50.0 Å². The second kappa shape index (κ2) is 13.1. The molecule has 11 rings (SSSR count). The maximum Gasteiger partial charge on any atom is 0.249 e. The molecule has 0 unspecified atom stereocenters. The first-order chi connectivity index (χ1) is 25.5. The van der Waals surface area contributed by atoms with Crippen molar-refractivity contribution in [2.24, 2.45) is 0 Å². The van der Waals surface area contributed by atoms with Gasteiger partial charge in [0.05, 0.1) is 11.3 Å². The molecule has 8 aromatic rings. The van der Waals surface area contributed by atoms with Crippen molar-refractivity contribution in [2.75, 3.05) is 4.90 Å². The van der Waals surface area contributed by atoms with Gasteiger partial charge >= 0.3 is 0 Å². The van der Waals surface area contributed by atoms with E-state index >= 15 is 0 Å². The van der Waals surface area contributed by atoms with Crippen LogP contribution >= 0.6 is 0 Å². The topological polar surface area (TPSA) is 42.2 Å². The van der Waals surface area contributed by atoms with Gasteiger partial charge in [-0.1, -0.05) is 117 Å². The quantitative estimate of drug-likeness (QED) is 0.164. The minimum Gasteiger partial charge on any atom is -0.416 e. The predicted octanol–water partition coefficient (Wildman–Crippen LogP) is 11.9. The molecule has 3 aliphatic carbocycles. The average molecular weight is 759 g/mol. The number of nitrogens with zero attached hydrogens (tertiary/aromatic N) is 3. The predicted molar refractivity (Wildman–Crippen MR) is 209 cm³/mol. The molecular weight excluding hydrogens is 723 g/mol. The van der Waals surface area contributed by atoms with E-state index in [0.29, 0.717) is 11.8 Å². The Labute approximate surface area is 335 Å². The molecule has 53 heavy (non-hydrogen) atoms. The first kappa shape index (κ1) is 33.7. The number of rotatable bonds is 5. The van der Waals surface area contributed by atoms with Gasteiger partial charge in [-0.25, -0.2) is 0 Å². The van der Waals surface area contributed by atoms with Gasteiger partial charge in [-0.2, -0.15) is 48.5 Å². The third-order valence-electron chi connectivity index (χ3n) is 10.8. The fourth-order valence-electron chi connectivity index (χ4n) is 8.52. The number of benzene rings is 7. The van der Waals surface area contributed by atoms with E-state index in [1.54, 1.807) is 0 Å². The van der Waals surface area contributed by atoms with E-state index in [0.717, 1.165) is 39.0 Å². The molecule has 4 nitrogen and oxygen atoms in total. The van der Waals surface area contributed by atoms with Gasteiger partial charge < -0.3 is 9.32 Å². The summed E-state index contributed by atoms with van der Waals surface area (Å²) in [6.07, 6.45) is 0. The van der Waals surface area contributed by atoms with Crippen molar-refractivity contribution in [1.29, 1.82) is 0 Å². The number of anilines is 3. The molecule has 253 valence electrons. The van der Waals surface area contributed by atoms with Gasteiger partial charge in [0.25, 0.3) is 0 Å². The largest absolute Gasteiger partial charge is 0.416 e. The molecule has 1 radical (unpaired) electrons. The Balaban J connectivity index is 0.00000372. The van der Waals surface area contributed by atoms with E-state index in [2.05, 4.69) is 164 Å². The van der Waals surface area contributed by atoms with Gasteiger partial charge in [-0.3, -0.25) is 0 Å². The number of hydrogen-bond donors (Lipinski definition) is 0. The molecule has 3 aliphatic rings. The van der Waals surface area contributed by atoms with E-state index in [1.165, 1.54) is 38.9 Å². The molecule has 5 heteroatoms. The Kier molecular flexibility index (Phi) is 8.29. The first-order valence-electron chi connectivity index (χ1n) is 17.9. The van der Waals surface area contributed by atoms with Crippen molar-refractivity contribution < 1.29 is 37.1 Å². The van der Waals surface area contributed by atoms with E-state index < -0.39 is 0 Å². The minimum absolute atomic E-state index is 0. The van der Waals surface area contributed by atoms with Crippen molar-refractivity contribution in [2.45, 2.75) is 38.0 Å². The Morgan fingerprint density at radius 1 is 0.547 bits per heavy atom. The summed E-state index contributed by atoms with van der Waals surface area (Å²) < 4.78 is 6.76. The Bertz CT molecular complexity index is 2540. The first-order valence-corrected chi connectivity index (χ1v) is 17.9. The number of para-hydroxylation sites is 2. The van der Waals surface area contributed by atoms with Gasteiger partial charge in [0.2, 0.25) is 11.8 Å². The van der Waals surface area contributed by atoms with Gasteiger partial charge in [-0.15, -0.1) is 22.3 Å². The van der Waals surface area contributed by atoms with Crippen LogP contribution in [0, 0.1) is 12.1 Å². The van der Waals surface area contributed by atoms with Crippen molar-refractivity contribution >= 4 is 27.8 Å². The number of hydrogen-bond acceptors (Lipinski definition) is 4. The van der Waals surface area contributed by atoms with Crippen molar-refractivity contribution in [3.63, 3.8) is 0 Å². The zero-order chi connectivity index (χ0) is 35.0. The molecule has 0 fully saturated rings. The van der Waals surface area contributed by atoms with Crippen LogP contribution < -0.4 is 4.90 Å².